The highest BCUT2D eigenvalue weighted by Crippen LogP contribution is 2.27. The highest BCUT2D eigenvalue weighted by Gasteiger charge is 2.05. The number of nitrogens with zero attached hydrogens (tertiary/aromatic N) is 1. The molecule has 0 bridgehead atoms. The number of benzene rings is 1. The zero-order valence-corrected chi connectivity index (χ0v) is 11.6. The number of hydrogen-bond acceptors (Lipinski definition) is 4. The van der Waals surface area contributed by atoms with Gasteiger partial charge in [-0.25, -0.2) is 0 Å². The first-order chi connectivity index (χ1) is 8.97. The van der Waals surface area contributed by atoms with E-state index in [1.165, 1.54) is 12.3 Å². The lowest BCUT2D eigenvalue weighted by Crippen LogP contribution is -2.13. The minimum absolute atomic E-state index is 0.0316. The second-order valence-electron chi connectivity index (χ2n) is 3.52. The van der Waals surface area contributed by atoms with Crippen molar-refractivity contribution in [3.63, 3.8) is 0 Å². The van der Waals surface area contributed by atoms with E-state index in [1.807, 2.05) is 0 Å². The summed E-state index contributed by atoms with van der Waals surface area (Å²) in [6.45, 7) is 0. The van der Waals surface area contributed by atoms with Gasteiger partial charge in [-0.1, -0.05) is 23.2 Å². The van der Waals surface area contributed by atoms with Gasteiger partial charge in [0.15, 0.2) is 4.77 Å². The summed E-state index contributed by atoms with van der Waals surface area (Å²) >= 11 is 16.4. The third-order valence-electron chi connectivity index (χ3n) is 2.20. The summed E-state index contributed by atoms with van der Waals surface area (Å²) in [5, 5.41) is 10.4. The number of halogens is 2. The van der Waals surface area contributed by atoms with E-state index in [2.05, 4.69) is 15.0 Å². The number of aromatic nitrogens is 2. The van der Waals surface area contributed by atoms with Gasteiger partial charge in [-0.2, -0.15) is 0 Å². The lowest BCUT2D eigenvalue weighted by atomic mass is 10.3. The molecule has 0 aliphatic carbocycles. The van der Waals surface area contributed by atoms with E-state index >= 15 is 0 Å². The Morgan fingerprint density at radius 3 is 2.68 bits per heavy atom. The maximum absolute atomic E-state index is 11.6. The van der Waals surface area contributed by atoms with E-state index in [-0.39, 0.29) is 16.2 Å². The fourth-order valence-electron chi connectivity index (χ4n) is 1.32. The largest absolute Gasteiger partial charge is 0.494 e. The second kappa shape index (κ2) is 5.56. The van der Waals surface area contributed by atoms with Crippen LogP contribution in [0.5, 0.6) is 5.88 Å². The van der Waals surface area contributed by atoms with Crippen molar-refractivity contribution in [3.8, 4) is 5.88 Å². The molecule has 1 heterocycles. The maximum Gasteiger partial charge on any atom is 0.264 e. The maximum atomic E-state index is 11.6. The molecule has 5 nitrogen and oxygen atoms in total. The summed E-state index contributed by atoms with van der Waals surface area (Å²) in [6.07, 6.45) is 1.19. The smallest absolute Gasteiger partial charge is 0.264 e. The number of rotatable bonds is 2. The van der Waals surface area contributed by atoms with Gasteiger partial charge in [-0.15, -0.1) is 0 Å². The van der Waals surface area contributed by atoms with Crippen LogP contribution in [0.15, 0.2) is 28.0 Å². The highest BCUT2D eigenvalue weighted by atomic mass is 35.5. The number of nitrogens with one attached hydrogen (secondary N) is 2. The first kappa shape index (κ1) is 13.8. The first-order valence-electron chi connectivity index (χ1n) is 5.02. The zero-order valence-electron chi connectivity index (χ0n) is 9.28. The number of hydrogen-bond donors (Lipinski definition) is 3. The summed E-state index contributed by atoms with van der Waals surface area (Å²) in [7, 11) is 0. The molecule has 0 spiro atoms. The Balaban J connectivity index is 2.44. The van der Waals surface area contributed by atoms with Crippen LogP contribution in [0.2, 0.25) is 10.0 Å². The predicted octanol–water partition coefficient (Wildman–Crippen LogP) is 3.20. The van der Waals surface area contributed by atoms with E-state index in [0.29, 0.717) is 15.7 Å². The molecule has 0 fully saturated rings. The first-order valence-corrected chi connectivity index (χ1v) is 6.18. The van der Waals surface area contributed by atoms with Gasteiger partial charge in [0.2, 0.25) is 5.88 Å². The Kier molecular flexibility index (Phi) is 4.04. The molecule has 8 heteroatoms. The highest BCUT2D eigenvalue weighted by molar-refractivity contribution is 7.71. The van der Waals surface area contributed by atoms with Crippen LogP contribution in [-0.2, 0) is 0 Å². The lowest BCUT2D eigenvalue weighted by molar-refractivity contribution is 0.449. The standard InChI is InChI=1S/C11H7Cl2N3O2S/c12-5-1-2-8(7(13)3-5)14-4-6-9(17)15-11(19)16-10(6)18/h1-4H,(H3,15,16,17,18,19). The summed E-state index contributed by atoms with van der Waals surface area (Å²) in [4.78, 5) is 20.3. The molecule has 0 saturated carbocycles. The van der Waals surface area contributed by atoms with Crippen LogP contribution in [0.1, 0.15) is 5.56 Å². The Labute approximate surface area is 122 Å². The topological polar surface area (TPSA) is 81.2 Å². The molecule has 0 atom stereocenters. The van der Waals surface area contributed by atoms with Crippen molar-refractivity contribution in [2.24, 2.45) is 4.99 Å². The molecule has 1 aromatic heterocycles. The Hall–Kier alpha value is -1.63. The molecule has 2 rings (SSSR count). The summed E-state index contributed by atoms with van der Waals surface area (Å²) in [6, 6.07) is 4.73. The predicted molar refractivity (Wildman–Crippen MR) is 77.6 cm³/mol. The van der Waals surface area contributed by atoms with Crippen molar-refractivity contribution < 1.29 is 5.11 Å². The molecular weight excluding hydrogens is 309 g/mol. The molecule has 0 saturated heterocycles. The number of aromatic amines is 2. The van der Waals surface area contributed by atoms with E-state index in [4.69, 9.17) is 35.4 Å². The molecule has 1 aromatic carbocycles. The molecule has 0 radical (unpaired) electrons. The van der Waals surface area contributed by atoms with Gasteiger partial charge < -0.3 is 10.1 Å². The van der Waals surface area contributed by atoms with Crippen molar-refractivity contribution in [2.75, 3.05) is 0 Å². The van der Waals surface area contributed by atoms with Crippen LogP contribution in [0, 0.1) is 4.77 Å². The fourth-order valence-corrected chi connectivity index (χ4v) is 1.97. The molecule has 3 N–H and O–H groups in total. The van der Waals surface area contributed by atoms with E-state index in [0.717, 1.165) is 0 Å². The summed E-state index contributed by atoms with van der Waals surface area (Å²) < 4.78 is 0.0316. The van der Waals surface area contributed by atoms with E-state index < -0.39 is 5.56 Å². The monoisotopic (exact) mass is 315 g/mol. The minimum Gasteiger partial charge on any atom is -0.494 e. The zero-order chi connectivity index (χ0) is 14.0. The molecular formula is C11H7Cl2N3O2S. The van der Waals surface area contributed by atoms with Gasteiger partial charge in [0.05, 0.1) is 10.7 Å². The molecule has 98 valence electrons. The fraction of sp³-hybridized carbons (Fsp3) is 0. The van der Waals surface area contributed by atoms with Crippen LogP contribution < -0.4 is 5.56 Å². The Morgan fingerprint density at radius 2 is 2.05 bits per heavy atom. The third-order valence-corrected chi connectivity index (χ3v) is 2.94. The van der Waals surface area contributed by atoms with Crippen LogP contribution in [0.4, 0.5) is 5.69 Å². The summed E-state index contributed by atoms with van der Waals surface area (Å²) in [5.41, 5.74) is -0.165. The van der Waals surface area contributed by atoms with Crippen molar-refractivity contribution in [3.05, 3.63) is 48.9 Å². The number of aromatic hydroxyl groups is 1. The van der Waals surface area contributed by atoms with E-state index in [9.17, 15) is 9.90 Å². The minimum atomic E-state index is -0.546. The normalized spacial score (nSPS) is 11.1. The average Bonchev–Trinajstić information content (AvgIpc) is 2.30. The molecule has 0 amide bonds. The molecule has 0 unspecified atom stereocenters. The second-order valence-corrected chi connectivity index (χ2v) is 4.78. The van der Waals surface area contributed by atoms with E-state index in [1.54, 1.807) is 12.1 Å². The van der Waals surface area contributed by atoms with Gasteiger partial charge in [-0.3, -0.25) is 14.8 Å². The van der Waals surface area contributed by atoms with Crippen molar-refractivity contribution in [1.29, 1.82) is 0 Å². The summed E-state index contributed by atoms with van der Waals surface area (Å²) in [5.74, 6) is -0.359. The van der Waals surface area contributed by atoms with Crippen LogP contribution >= 0.6 is 35.4 Å². The van der Waals surface area contributed by atoms with Crippen molar-refractivity contribution in [2.45, 2.75) is 0 Å². The quantitative estimate of drug-likeness (QED) is 0.588. The van der Waals surface area contributed by atoms with Gasteiger partial charge in [0.25, 0.3) is 5.56 Å². The van der Waals surface area contributed by atoms with Crippen molar-refractivity contribution in [1.82, 2.24) is 9.97 Å². The van der Waals surface area contributed by atoms with Crippen molar-refractivity contribution >= 4 is 47.3 Å². The molecule has 19 heavy (non-hydrogen) atoms. The van der Waals surface area contributed by atoms with Crippen LogP contribution in [0.3, 0.4) is 0 Å². The Bertz CT molecular complexity index is 767. The lowest BCUT2D eigenvalue weighted by Gasteiger charge is -1.99. The molecule has 0 aliphatic heterocycles. The Morgan fingerprint density at radius 1 is 1.32 bits per heavy atom. The average molecular weight is 316 g/mol. The van der Waals surface area contributed by atoms with Gasteiger partial charge >= 0.3 is 0 Å². The molecule has 0 aliphatic rings. The SMILES string of the molecule is O=c1[nH]c(=S)[nH]c(O)c1C=Nc1ccc(Cl)cc1Cl. The van der Waals surface area contributed by atoms with Gasteiger partial charge in [-0.05, 0) is 30.4 Å². The third kappa shape index (κ3) is 3.23. The molecule has 2 aromatic rings. The van der Waals surface area contributed by atoms with Crippen LogP contribution in [0.25, 0.3) is 0 Å². The van der Waals surface area contributed by atoms with Crippen LogP contribution in [-0.4, -0.2) is 21.3 Å². The van der Waals surface area contributed by atoms with Gasteiger partial charge in [0.1, 0.15) is 5.56 Å². The number of H-pyrrole nitrogens is 2. The number of aliphatic imine (C=N–C) groups is 1. The van der Waals surface area contributed by atoms with Gasteiger partial charge in [0, 0.05) is 11.2 Å².